The molecule has 0 aliphatic heterocycles. The van der Waals surface area contributed by atoms with Crippen LogP contribution in [0.25, 0.3) is 0 Å². The molecule has 2 aromatic heterocycles. The van der Waals surface area contributed by atoms with E-state index in [9.17, 15) is 9.90 Å². The zero-order valence-corrected chi connectivity index (χ0v) is 13.2. The van der Waals surface area contributed by atoms with Crippen molar-refractivity contribution in [2.75, 3.05) is 0 Å². The van der Waals surface area contributed by atoms with Gasteiger partial charge in [-0.25, -0.2) is 4.98 Å². The normalized spacial score (nSPS) is 24.5. The quantitative estimate of drug-likeness (QED) is 0.875. The number of hydrogen-bond acceptors (Lipinski definition) is 5. The van der Waals surface area contributed by atoms with Gasteiger partial charge in [-0.15, -0.1) is 0 Å². The predicted octanol–water partition coefficient (Wildman–Crippen LogP) is 1.71. The van der Waals surface area contributed by atoms with E-state index in [1.54, 1.807) is 18.6 Å². The maximum Gasteiger partial charge on any atom is 0.273 e. The largest absolute Gasteiger partial charge is 0.389 e. The smallest absolute Gasteiger partial charge is 0.273 e. The molecule has 1 amide bonds. The highest BCUT2D eigenvalue weighted by molar-refractivity contribution is 5.92. The first-order chi connectivity index (χ1) is 11.2. The van der Waals surface area contributed by atoms with Gasteiger partial charge in [0.15, 0.2) is 5.69 Å². The molecule has 2 heterocycles. The van der Waals surface area contributed by atoms with Gasteiger partial charge < -0.3 is 19.5 Å². The zero-order chi connectivity index (χ0) is 16.2. The second kappa shape index (κ2) is 6.95. The summed E-state index contributed by atoms with van der Waals surface area (Å²) in [5, 5.41) is 17.3. The highest BCUT2D eigenvalue weighted by atomic mass is 16.5. The van der Waals surface area contributed by atoms with E-state index in [0.29, 0.717) is 5.76 Å². The van der Waals surface area contributed by atoms with Crippen LogP contribution < -0.4 is 5.32 Å². The number of aromatic nitrogens is 3. The van der Waals surface area contributed by atoms with E-state index in [1.807, 2.05) is 17.7 Å². The number of amides is 1. The number of nitrogens with zero attached hydrogens (tertiary/aromatic N) is 3. The molecule has 1 saturated carbocycles. The zero-order valence-electron chi connectivity index (χ0n) is 13.2. The van der Waals surface area contributed by atoms with Crippen LogP contribution in [0.5, 0.6) is 0 Å². The molecule has 0 aromatic carbocycles. The van der Waals surface area contributed by atoms with Crippen molar-refractivity contribution in [3.63, 3.8) is 0 Å². The Labute approximate surface area is 134 Å². The third kappa shape index (κ3) is 3.44. The van der Waals surface area contributed by atoms with Crippen molar-refractivity contribution in [2.45, 2.75) is 57.2 Å². The van der Waals surface area contributed by atoms with Crippen molar-refractivity contribution < 1.29 is 14.4 Å². The highest BCUT2D eigenvalue weighted by Gasteiger charge is 2.34. The Morgan fingerprint density at radius 2 is 2.39 bits per heavy atom. The summed E-state index contributed by atoms with van der Waals surface area (Å²) in [4.78, 5) is 16.3. The van der Waals surface area contributed by atoms with Crippen LogP contribution in [0.2, 0.25) is 0 Å². The van der Waals surface area contributed by atoms with Crippen LogP contribution in [0.15, 0.2) is 29.3 Å². The van der Waals surface area contributed by atoms with E-state index in [-0.39, 0.29) is 23.7 Å². The van der Waals surface area contributed by atoms with E-state index in [1.165, 1.54) is 0 Å². The first kappa shape index (κ1) is 15.7. The lowest BCUT2D eigenvalue weighted by Crippen LogP contribution is -2.49. The van der Waals surface area contributed by atoms with Gasteiger partial charge in [0.25, 0.3) is 5.91 Å². The average Bonchev–Trinajstić information content (AvgIpc) is 3.21. The fourth-order valence-electron chi connectivity index (χ4n) is 3.13. The number of carbonyl (C=O) groups is 1. The van der Waals surface area contributed by atoms with E-state index in [0.717, 1.165) is 32.1 Å². The Bertz CT molecular complexity index is 638. The second-order valence-electron chi connectivity index (χ2n) is 6.01. The van der Waals surface area contributed by atoms with Crippen LogP contribution in [-0.2, 0) is 6.42 Å². The minimum Gasteiger partial charge on any atom is -0.389 e. The number of aryl methyl sites for hydroxylation is 1. The molecule has 0 saturated heterocycles. The van der Waals surface area contributed by atoms with Crippen LogP contribution in [-0.4, -0.2) is 37.9 Å². The maximum absolute atomic E-state index is 12.3. The van der Waals surface area contributed by atoms with Crippen molar-refractivity contribution in [1.29, 1.82) is 0 Å². The third-order valence-electron chi connectivity index (χ3n) is 4.33. The van der Waals surface area contributed by atoms with Gasteiger partial charge in [-0.2, -0.15) is 0 Å². The first-order valence-corrected chi connectivity index (χ1v) is 8.11. The minimum atomic E-state index is -0.649. The molecule has 124 valence electrons. The van der Waals surface area contributed by atoms with Crippen molar-refractivity contribution in [2.24, 2.45) is 0 Å². The minimum absolute atomic E-state index is 0.0653. The lowest BCUT2D eigenvalue weighted by atomic mass is 9.88. The van der Waals surface area contributed by atoms with Gasteiger partial charge in [0.05, 0.1) is 24.5 Å². The van der Waals surface area contributed by atoms with Crippen molar-refractivity contribution in [1.82, 2.24) is 20.0 Å². The second-order valence-corrected chi connectivity index (χ2v) is 6.01. The Balaban J connectivity index is 1.65. The fraction of sp³-hybridized carbons (Fsp3) is 0.562. The molecule has 0 bridgehead atoms. The van der Waals surface area contributed by atoms with Gasteiger partial charge in [-0.05, 0) is 25.7 Å². The van der Waals surface area contributed by atoms with Gasteiger partial charge in [0.1, 0.15) is 5.76 Å². The van der Waals surface area contributed by atoms with Crippen LogP contribution in [0.4, 0.5) is 0 Å². The molecule has 1 aliphatic carbocycles. The van der Waals surface area contributed by atoms with Crippen LogP contribution in [0, 0.1) is 0 Å². The summed E-state index contributed by atoms with van der Waals surface area (Å²) in [7, 11) is 0. The molecule has 3 rings (SSSR count). The van der Waals surface area contributed by atoms with E-state index in [2.05, 4.69) is 15.5 Å². The monoisotopic (exact) mass is 318 g/mol. The van der Waals surface area contributed by atoms with Crippen molar-refractivity contribution >= 4 is 5.91 Å². The molecule has 0 unspecified atom stereocenters. The van der Waals surface area contributed by atoms with Crippen molar-refractivity contribution in [3.8, 4) is 0 Å². The molecule has 0 spiro atoms. The lowest BCUT2D eigenvalue weighted by molar-refractivity contribution is 0.0396. The summed E-state index contributed by atoms with van der Waals surface area (Å²) in [6, 6.07) is 1.31. The number of aliphatic hydroxyl groups is 1. The van der Waals surface area contributed by atoms with Crippen LogP contribution >= 0.6 is 0 Å². The van der Waals surface area contributed by atoms with Crippen LogP contribution in [0.3, 0.4) is 0 Å². The van der Waals surface area contributed by atoms with Gasteiger partial charge in [0.2, 0.25) is 0 Å². The molecule has 2 N–H and O–H groups in total. The molecule has 3 atom stereocenters. The number of rotatable bonds is 5. The lowest BCUT2D eigenvalue weighted by Gasteiger charge is -2.35. The SMILES string of the molecule is CCCc1cc(C(=O)N[C@@H]2CCC[C@@H](n3ccnc3)[C@@H]2O)no1. The standard InChI is InChI=1S/C16H22N4O3/c1-2-4-11-9-13(19-23-11)16(22)18-12-5-3-6-14(15(12)21)20-8-7-17-10-20/h7-10,12,14-15,21H,2-6H2,1H3,(H,18,22)/t12-,14-,15-/m1/s1. The average molecular weight is 318 g/mol. The third-order valence-corrected chi connectivity index (χ3v) is 4.33. The van der Waals surface area contributed by atoms with Crippen molar-refractivity contribution in [3.05, 3.63) is 36.2 Å². The molecule has 2 aromatic rings. The Morgan fingerprint density at radius 1 is 1.52 bits per heavy atom. The van der Waals surface area contributed by atoms with E-state index in [4.69, 9.17) is 4.52 Å². The highest BCUT2D eigenvalue weighted by Crippen LogP contribution is 2.29. The number of carbonyl (C=O) groups excluding carboxylic acids is 1. The molecule has 7 nitrogen and oxygen atoms in total. The molecular weight excluding hydrogens is 296 g/mol. The summed E-state index contributed by atoms with van der Waals surface area (Å²) < 4.78 is 7.04. The maximum atomic E-state index is 12.3. The van der Waals surface area contributed by atoms with Gasteiger partial charge in [0, 0.05) is 24.9 Å². The Kier molecular flexibility index (Phi) is 4.76. The van der Waals surface area contributed by atoms with Gasteiger partial charge in [-0.3, -0.25) is 4.79 Å². The number of nitrogens with one attached hydrogen (secondary N) is 1. The number of hydrogen-bond donors (Lipinski definition) is 2. The summed E-state index contributed by atoms with van der Waals surface area (Å²) in [5.74, 6) is 0.407. The molecule has 23 heavy (non-hydrogen) atoms. The Hall–Kier alpha value is -2.15. The predicted molar refractivity (Wildman–Crippen MR) is 82.9 cm³/mol. The van der Waals surface area contributed by atoms with E-state index >= 15 is 0 Å². The summed E-state index contributed by atoms with van der Waals surface area (Å²) in [5.41, 5.74) is 0.269. The van der Waals surface area contributed by atoms with E-state index < -0.39 is 6.10 Å². The van der Waals surface area contributed by atoms with Gasteiger partial charge in [-0.1, -0.05) is 12.1 Å². The molecule has 0 radical (unpaired) electrons. The van der Waals surface area contributed by atoms with Crippen LogP contribution in [0.1, 0.15) is 54.9 Å². The van der Waals surface area contributed by atoms with Gasteiger partial charge >= 0.3 is 0 Å². The summed E-state index contributed by atoms with van der Waals surface area (Å²) in [6.07, 6.45) is 8.83. The fourth-order valence-corrected chi connectivity index (χ4v) is 3.13. The summed E-state index contributed by atoms with van der Waals surface area (Å²) in [6.45, 7) is 2.04. The molecular formula is C16H22N4O3. The number of imidazole rings is 1. The molecule has 1 aliphatic rings. The Morgan fingerprint density at radius 3 is 3.13 bits per heavy atom. The summed E-state index contributed by atoms with van der Waals surface area (Å²) >= 11 is 0. The topological polar surface area (TPSA) is 93.2 Å². The first-order valence-electron chi connectivity index (χ1n) is 8.11. The molecule has 7 heteroatoms. The molecule has 1 fully saturated rings. The number of aliphatic hydroxyl groups excluding tert-OH is 1.